The van der Waals surface area contributed by atoms with Crippen molar-refractivity contribution >= 4 is 45.1 Å². The molecule has 3 atom stereocenters. The fraction of sp³-hybridized carbons (Fsp3) is 0.565. The summed E-state index contributed by atoms with van der Waals surface area (Å²) in [6, 6.07) is 3.73. The minimum absolute atomic E-state index is 0.181. The Morgan fingerprint density at radius 1 is 1.27 bits per heavy atom. The van der Waals surface area contributed by atoms with Gasteiger partial charge in [-0.1, -0.05) is 29.8 Å². The Labute approximate surface area is 201 Å². The van der Waals surface area contributed by atoms with Crippen molar-refractivity contribution in [1.29, 1.82) is 0 Å². The minimum atomic E-state index is -0.877. The topological polar surface area (TPSA) is 114 Å². The van der Waals surface area contributed by atoms with Crippen LogP contribution in [-0.2, 0) is 14.3 Å². The van der Waals surface area contributed by atoms with Gasteiger partial charge in [-0.25, -0.2) is 19.1 Å². The lowest BCUT2D eigenvalue weighted by atomic mass is 10.0. The lowest BCUT2D eigenvalue weighted by molar-refractivity contribution is -0.802. The molecule has 1 fully saturated rings. The molecule has 0 saturated carbocycles. The molecule has 1 saturated heterocycles. The number of nitrogens with zero attached hydrogens (tertiary/aromatic N) is 3. The highest BCUT2D eigenvalue weighted by atomic mass is 79.9. The number of hydrogen-bond donors (Lipinski definition) is 1. The summed E-state index contributed by atoms with van der Waals surface area (Å²) in [4.78, 5) is 44.9. The number of halogens is 1. The van der Waals surface area contributed by atoms with Crippen LogP contribution >= 0.6 is 15.9 Å². The molecular weight excluding hydrogens is 492 g/mol. The number of carbonyl (C=O) groups is 3. The summed E-state index contributed by atoms with van der Waals surface area (Å²) in [5.41, 5.74) is 6.55. The SMILES string of the molecule is COC(=O)[N+]1(C(=O)[C@@H](N)C(C)C)CCC[C@H]1c1nc2ccc(Br)cc2n1C(=O)OC(C)(C)C. The molecule has 33 heavy (non-hydrogen) atoms. The number of likely N-dealkylation sites (tertiary alicyclic amines) is 1. The van der Waals surface area contributed by atoms with E-state index in [1.54, 1.807) is 32.9 Å². The number of fused-ring (bicyclic) bond motifs is 1. The molecule has 1 aliphatic rings. The molecule has 0 bridgehead atoms. The van der Waals surface area contributed by atoms with Crippen molar-refractivity contribution < 1.29 is 28.3 Å². The average molecular weight is 524 g/mol. The average Bonchev–Trinajstić information content (AvgIpc) is 3.32. The number of amides is 2. The number of ether oxygens (including phenoxy) is 2. The van der Waals surface area contributed by atoms with Crippen LogP contribution in [0, 0.1) is 5.92 Å². The highest BCUT2D eigenvalue weighted by Crippen LogP contribution is 2.42. The van der Waals surface area contributed by atoms with E-state index in [0.717, 1.165) is 4.47 Å². The molecule has 1 aliphatic heterocycles. The van der Waals surface area contributed by atoms with Gasteiger partial charge in [0.1, 0.15) is 11.6 Å². The van der Waals surface area contributed by atoms with Gasteiger partial charge in [-0.3, -0.25) is 0 Å². The van der Waals surface area contributed by atoms with E-state index < -0.39 is 40.3 Å². The van der Waals surface area contributed by atoms with E-state index in [0.29, 0.717) is 23.9 Å². The number of hydrogen-bond acceptors (Lipinski definition) is 7. The third kappa shape index (κ3) is 4.56. The number of nitrogens with two attached hydrogens (primary N) is 1. The molecule has 1 unspecified atom stereocenters. The first-order chi connectivity index (χ1) is 15.3. The Morgan fingerprint density at radius 3 is 2.52 bits per heavy atom. The molecule has 3 rings (SSSR count). The fourth-order valence-electron chi connectivity index (χ4n) is 4.31. The van der Waals surface area contributed by atoms with Gasteiger partial charge in [0.2, 0.25) is 0 Å². The van der Waals surface area contributed by atoms with Crippen molar-refractivity contribution in [2.24, 2.45) is 11.7 Å². The summed E-state index contributed by atoms with van der Waals surface area (Å²) in [5, 5.41) is 0. The van der Waals surface area contributed by atoms with Crippen LogP contribution in [0.25, 0.3) is 11.0 Å². The highest BCUT2D eigenvalue weighted by molar-refractivity contribution is 9.10. The van der Waals surface area contributed by atoms with Crippen LogP contribution < -0.4 is 5.73 Å². The number of quaternary nitrogens is 1. The number of rotatable bonds is 3. The minimum Gasteiger partial charge on any atom is -0.443 e. The Kier molecular flexibility index (Phi) is 7.02. The first-order valence-corrected chi connectivity index (χ1v) is 11.8. The van der Waals surface area contributed by atoms with Gasteiger partial charge in [0.15, 0.2) is 11.9 Å². The maximum Gasteiger partial charge on any atom is 0.523 e. The number of imidazole rings is 1. The predicted octanol–water partition coefficient (Wildman–Crippen LogP) is 4.51. The van der Waals surface area contributed by atoms with E-state index in [9.17, 15) is 14.4 Å². The van der Waals surface area contributed by atoms with Crippen LogP contribution in [-0.4, -0.2) is 57.4 Å². The van der Waals surface area contributed by atoms with E-state index in [-0.39, 0.29) is 18.3 Å². The largest absolute Gasteiger partial charge is 0.523 e. The van der Waals surface area contributed by atoms with Gasteiger partial charge in [0.05, 0.1) is 24.7 Å². The molecule has 2 N–H and O–H groups in total. The maximum atomic E-state index is 13.7. The Morgan fingerprint density at radius 2 is 1.94 bits per heavy atom. The molecule has 9 nitrogen and oxygen atoms in total. The van der Waals surface area contributed by atoms with Gasteiger partial charge in [-0.05, 0) is 44.9 Å². The molecule has 0 radical (unpaired) electrons. The van der Waals surface area contributed by atoms with Crippen LogP contribution in [0.1, 0.15) is 59.3 Å². The zero-order chi connectivity index (χ0) is 24.7. The van der Waals surface area contributed by atoms with Crippen molar-refractivity contribution in [1.82, 2.24) is 9.55 Å². The molecule has 0 aliphatic carbocycles. The quantitative estimate of drug-likeness (QED) is 0.588. The second-order valence-electron chi connectivity index (χ2n) is 9.75. The van der Waals surface area contributed by atoms with Crippen molar-refractivity contribution in [2.75, 3.05) is 13.7 Å². The first kappa shape index (κ1) is 25.3. The number of imide groups is 1. The molecule has 180 valence electrons. The highest BCUT2D eigenvalue weighted by Gasteiger charge is 2.59. The maximum absolute atomic E-state index is 13.7. The third-order valence-electron chi connectivity index (χ3n) is 5.93. The molecule has 0 spiro atoms. The van der Waals surface area contributed by atoms with Gasteiger partial charge in [-0.2, -0.15) is 4.79 Å². The van der Waals surface area contributed by atoms with Gasteiger partial charge >= 0.3 is 18.1 Å². The van der Waals surface area contributed by atoms with Gasteiger partial charge < -0.3 is 15.2 Å². The number of methoxy groups -OCH3 is 1. The van der Waals surface area contributed by atoms with Crippen molar-refractivity contribution in [2.45, 2.75) is 65.1 Å². The van der Waals surface area contributed by atoms with E-state index in [4.69, 9.17) is 20.2 Å². The van der Waals surface area contributed by atoms with Crippen LogP contribution in [0.15, 0.2) is 22.7 Å². The summed E-state index contributed by atoms with van der Waals surface area (Å²) in [6.45, 7) is 9.20. The first-order valence-electron chi connectivity index (χ1n) is 11.0. The summed E-state index contributed by atoms with van der Waals surface area (Å²) in [5.74, 6) is -0.341. The van der Waals surface area contributed by atoms with Crippen LogP contribution in [0.2, 0.25) is 0 Å². The second-order valence-corrected chi connectivity index (χ2v) is 10.7. The van der Waals surface area contributed by atoms with E-state index in [1.165, 1.54) is 11.7 Å². The van der Waals surface area contributed by atoms with Gasteiger partial charge in [0, 0.05) is 17.3 Å². The summed E-state index contributed by atoms with van der Waals surface area (Å²) in [7, 11) is 1.25. The van der Waals surface area contributed by atoms with E-state index in [1.807, 2.05) is 19.9 Å². The standard InChI is InChI=1S/C23H32BrN4O5/c1-13(2)18(25)20(29)28(22(31)32-6)11-7-8-17(28)19-26-15-10-9-14(24)12-16(15)27(19)21(30)33-23(3,4)5/h9-10,12-13,17-18H,7-8,11,25H2,1-6H3/q+1/t17-,18-,28?/m0/s1. The van der Waals surface area contributed by atoms with E-state index in [2.05, 4.69) is 15.9 Å². The lowest BCUT2D eigenvalue weighted by Crippen LogP contribution is -2.62. The molecule has 2 heterocycles. The fourth-order valence-corrected chi connectivity index (χ4v) is 4.66. The molecule has 2 aromatic rings. The normalized spacial score (nSPS) is 21.9. The van der Waals surface area contributed by atoms with Crippen molar-refractivity contribution in [3.8, 4) is 0 Å². The van der Waals surface area contributed by atoms with Crippen molar-refractivity contribution in [3.63, 3.8) is 0 Å². The number of benzene rings is 1. The summed E-state index contributed by atoms with van der Waals surface area (Å²) < 4.78 is 12.3. The van der Waals surface area contributed by atoms with Gasteiger partial charge in [0.25, 0.3) is 0 Å². The van der Waals surface area contributed by atoms with E-state index >= 15 is 0 Å². The smallest absolute Gasteiger partial charge is 0.443 e. The Balaban J connectivity index is 2.27. The Bertz CT molecular complexity index is 1090. The number of carbonyl (C=O) groups excluding carboxylic acids is 3. The third-order valence-corrected chi connectivity index (χ3v) is 6.43. The zero-order valence-electron chi connectivity index (χ0n) is 19.9. The lowest BCUT2D eigenvalue weighted by Gasteiger charge is -2.35. The monoisotopic (exact) mass is 523 g/mol. The molecule has 1 aromatic heterocycles. The molecular formula is C23H32BrN4O5+. The Hall–Kier alpha value is -2.30. The van der Waals surface area contributed by atoms with Crippen LogP contribution in [0.3, 0.4) is 0 Å². The molecule has 1 aromatic carbocycles. The predicted molar refractivity (Wildman–Crippen MR) is 126 cm³/mol. The van der Waals surface area contributed by atoms with Crippen LogP contribution in [0.5, 0.6) is 0 Å². The summed E-state index contributed by atoms with van der Waals surface area (Å²) >= 11 is 3.44. The summed E-state index contributed by atoms with van der Waals surface area (Å²) in [6.07, 6.45) is -0.313. The number of aromatic nitrogens is 2. The second kappa shape index (κ2) is 9.15. The van der Waals surface area contributed by atoms with Crippen molar-refractivity contribution in [3.05, 3.63) is 28.5 Å². The molecule has 10 heteroatoms. The van der Waals surface area contributed by atoms with Crippen LogP contribution in [0.4, 0.5) is 9.59 Å². The zero-order valence-corrected chi connectivity index (χ0v) is 21.5. The molecule has 2 amide bonds. The van der Waals surface area contributed by atoms with Gasteiger partial charge in [-0.15, -0.1) is 4.48 Å².